The number of amides is 2. The smallest absolute Gasteiger partial charge is 0.263 e. The molecule has 3 rings (SSSR count). The van der Waals surface area contributed by atoms with Gasteiger partial charge < -0.3 is 10.2 Å². The summed E-state index contributed by atoms with van der Waals surface area (Å²) < 4.78 is 12.9. The van der Waals surface area contributed by atoms with E-state index in [0.29, 0.717) is 26.1 Å². The van der Waals surface area contributed by atoms with E-state index < -0.39 is 0 Å². The van der Waals surface area contributed by atoms with Crippen LogP contribution in [0, 0.1) is 11.7 Å². The zero-order chi connectivity index (χ0) is 17.6. The first-order valence-electron chi connectivity index (χ1n) is 8.48. The van der Waals surface area contributed by atoms with Crippen molar-refractivity contribution in [2.45, 2.75) is 19.3 Å². The number of carbonyl (C=O) groups excluding carboxylic acids is 2. The Morgan fingerprint density at radius 2 is 2.04 bits per heavy atom. The average Bonchev–Trinajstić information content (AvgIpc) is 3.17. The van der Waals surface area contributed by atoms with E-state index in [0.717, 1.165) is 23.3 Å². The topological polar surface area (TPSA) is 49.4 Å². The van der Waals surface area contributed by atoms with Crippen LogP contribution in [-0.4, -0.2) is 36.3 Å². The molecule has 1 aliphatic rings. The normalized spacial score (nSPS) is 17.3. The van der Waals surface area contributed by atoms with E-state index in [1.807, 2.05) is 17.5 Å². The van der Waals surface area contributed by atoms with Crippen LogP contribution >= 0.6 is 11.3 Å². The van der Waals surface area contributed by atoms with Crippen LogP contribution in [-0.2, 0) is 11.2 Å². The SMILES string of the molecule is O=C(NCCc1ccc(F)cc1)[C@@H]1CCCN(C(=O)c2cccs2)C1. The lowest BCUT2D eigenvalue weighted by Gasteiger charge is -2.31. The number of nitrogens with zero attached hydrogens (tertiary/aromatic N) is 1. The highest BCUT2D eigenvalue weighted by Gasteiger charge is 2.29. The molecule has 132 valence electrons. The van der Waals surface area contributed by atoms with Gasteiger partial charge in [0.25, 0.3) is 5.91 Å². The number of piperidine rings is 1. The predicted octanol–water partition coefficient (Wildman–Crippen LogP) is 3.10. The highest BCUT2D eigenvalue weighted by atomic mass is 32.1. The summed E-state index contributed by atoms with van der Waals surface area (Å²) in [6.07, 6.45) is 2.31. The Labute approximate surface area is 150 Å². The minimum Gasteiger partial charge on any atom is -0.355 e. The number of thiophene rings is 1. The zero-order valence-electron chi connectivity index (χ0n) is 13.9. The maximum Gasteiger partial charge on any atom is 0.263 e. The van der Waals surface area contributed by atoms with Crippen LogP contribution in [0.3, 0.4) is 0 Å². The number of halogens is 1. The summed E-state index contributed by atoms with van der Waals surface area (Å²) in [5.74, 6) is -0.416. The van der Waals surface area contributed by atoms with E-state index in [-0.39, 0.29) is 23.5 Å². The van der Waals surface area contributed by atoms with Crippen molar-refractivity contribution in [3.8, 4) is 0 Å². The van der Waals surface area contributed by atoms with Crippen LogP contribution < -0.4 is 5.32 Å². The third kappa shape index (κ3) is 4.66. The van der Waals surface area contributed by atoms with Crippen molar-refractivity contribution in [3.05, 3.63) is 58.0 Å². The number of likely N-dealkylation sites (tertiary alicyclic amines) is 1. The van der Waals surface area contributed by atoms with Gasteiger partial charge in [0, 0.05) is 19.6 Å². The van der Waals surface area contributed by atoms with Crippen LogP contribution in [0.15, 0.2) is 41.8 Å². The maximum absolute atomic E-state index is 12.9. The van der Waals surface area contributed by atoms with Gasteiger partial charge in [-0.25, -0.2) is 4.39 Å². The number of rotatable bonds is 5. The summed E-state index contributed by atoms with van der Waals surface area (Å²) >= 11 is 1.43. The van der Waals surface area contributed by atoms with Crippen molar-refractivity contribution >= 4 is 23.2 Å². The fourth-order valence-electron chi connectivity index (χ4n) is 3.06. The molecule has 1 aromatic carbocycles. The summed E-state index contributed by atoms with van der Waals surface area (Å²) in [6.45, 7) is 1.69. The van der Waals surface area contributed by atoms with Gasteiger partial charge in [0.05, 0.1) is 10.8 Å². The van der Waals surface area contributed by atoms with E-state index in [1.165, 1.54) is 23.5 Å². The van der Waals surface area contributed by atoms with Gasteiger partial charge in [-0.1, -0.05) is 18.2 Å². The van der Waals surface area contributed by atoms with Gasteiger partial charge in [0.2, 0.25) is 5.91 Å². The summed E-state index contributed by atoms with van der Waals surface area (Å²) in [4.78, 5) is 27.3. The van der Waals surface area contributed by atoms with Crippen molar-refractivity contribution < 1.29 is 14.0 Å². The lowest BCUT2D eigenvalue weighted by molar-refractivity contribution is -0.126. The fraction of sp³-hybridized carbons (Fsp3) is 0.368. The molecule has 2 heterocycles. The zero-order valence-corrected chi connectivity index (χ0v) is 14.7. The Hall–Kier alpha value is -2.21. The number of hydrogen-bond donors (Lipinski definition) is 1. The Bertz CT molecular complexity index is 716. The van der Waals surface area contributed by atoms with E-state index in [1.54, 1.807) is 17.0 Å². The second-order valence-electron chi connectivity index (χ2n) is 6.24. The molecule has 0 spiro atoms. The third-order valence-electron chi connectivity index (χ3n) is 4.44. The molecule has 0 radical (unpaired) electrons. The third-order valence-corrected chi connectivity index (χ3v) is 5.30. The molecule has 1 N–H and O–H groups in total. The number of carbonyl (C=O) groups is 2. The lowest BCUT2D eigenvalue weighted by Crippen LogP contribution is -2.45. The van der Waals surface area contributed by atoms with E-state index in [4.69, 9.17) is 0 Å². The Morgan fingerprint density at radius 1 is 1.24 bits per heavy atom. The molecule has 1 atom stereocenters. The highest BCUT2D eigenvalue weighted by molar-refractivity contribution is 7.12. The number of benzene rings is 1. The highest BCUT2D eigenvalue weighted by Crippen LogP contribution is 2.20. The van der Waals surface area contributed by atoms with Crippen molar-refractivity contribution in [1.82, 2.24) is 10.2 Å². The molecule has 0 unspecified atom stereocenters. The van der Waals surface area contributed by atoms with Crippen molar-refractivity contribution in [2.75, 3.05) is 19.6 Å². The number of hydrogen-bond acceptors (Lipinski definition) is 3. The maximum atomic E-state index is 12.9. The largest absolute Gasteiger partial charge is 0.355 e. The molecule has 0 saturated carbocycles. The van der Waals surface area contributed by atoms with E-state index in [2.05, 4.69) is 5.32 Å². The quantitative estimate of drug-likeness (QED) is 0.891. The first-order chi connectivity index (χ1) is 12.1. The first-order valence-corrected chi connectivity index (χ1v) is 9.36. The average molecular weight is 360 g/mol. The molecule has 25 heavy (non-hydrogen) atoms. The summed E-state index contributed by atoms with van der Waals surface area (Å²) in [6, 6.07) is 9.98. The van der Waals surface area contributed by atoms with Gasteiger partial charge in [0.1, 0.15) is 5.82 Å². The van der Waals surface area contributed by atoms with Gasteiger partial charge in [-0.3, -0.25) is 9.59 Å². The molecule has 1 saturated heterocycles. The minimum absolute atomic E-state index is 0.00853. The van der Waals surface area contributed by atoms with Crippen LogP contribution in [0.25, 0.3) is 0 Å². The second kappa shape index (κ2) is 8.25. The van der Waals surface area contributed by atoms with E-state index >= 15 is 0 Å². The van der Waals surface area contributed by atoms with Gasteiger partial charge >= 0.3 is 0 Å². The van der Waals surface area contributed by atoms with Crippen molar-refractivity contribution in [2.24, 2.45) is 5.92 Å². The molecule has 4 nitrogen and oxygen atoms in total. The van der Waals surface area contributed by atoms with Crippen LogP contribution in [0.4, 0.5) is 4.39 Å². The van der Waals surface area contributed by atoms with Crippen LogP contribution in [0.5, 0.6) is 0 Å². The van der Waals surface area contributed by atoms with Crippen molar-refractivity contribution in [3.63, 3.8) is 0 Å². The molecular formula is C19H21FN2O2S. The standard InChI is InChI=1S/C19H21FN2O2S/c20-16-7-5-14(6-8-16)9-10-21-18(23)15-3-1-11-22(13-15)19(24)17-4-2-12-25-17/h2,4-8,12,15H,1,3,9-11,13H2,(H,21,23)/t15-/m1/s1. The molecule has 1 aromatic heterocycles. The summed E-state index contributed by atoms with van der Waals surface area (Å²) in [5.41, 5.74) is 0.986. The Kier molecular flexibility index (Phi) is 5.81. The van der Waals surface area contributed by atoms with Gasteiger partial charge in [-0.2, -0.15) is 0 Å². The Morgan fingerprint density at radius 3 is 2.76 bits per heavy atom. The minimum atomic E-state index is -0.259. The molecule has 0 bridgehead atoms. The van der Waals surface area contributed by atoms with E-state index in [9.17, 15) is 14.0 Å². The second-order valence-corrected chi connectivity index (χ2v) is 7.18. The summed E-state index contributed by atoms with van der Waals surface area (Å²) in [5, 5.41) is 4.83. The lowest BCUT2D eigenvalue weighted by atomic mass is 9.97. The first kappa shape index (κ1) is 17.6. The summed E-state index contributed by atoms with van der Waals surface area (Å²) in [7, 11) is 0. The van der Waals surface area contributed by atoms with Gasteiger partial charge in [0.15, 0.2) is 0 Å². The van der Waals surface area contributed by atoms with Crippen LogP contribution in [0.1, 0.15) is 28.1 Å². The molecule has 2 amide bonds. The molecule has 0 aliphatic carbocycles. The van der Waals surface area contributed by atoms with Crippen molar-refractivity contribution in [1.29, 1.82) is 0 Å². The molecule has 1 aliphatic heterocycles. The van der Waals surface area contributed by atoms with Crippen LogP contribution in [0.2, 0.25) is 0 Å². The number of nitrogens with one attached hydrogen (secondary N) is 1. The van der Waals surface area contributed by atoms with Gasteiger partial charge in [-0.05, 0) is 48.4 Å². The molecule has 1 fully saturated rings. The molecule has 2 aromatic rings. The Balaban J connectivity index is 1.48. The monoisotopic (exact) mass is 360 g/mol. The molecular weight excluding hydrogens is 339 g/mol. The van der Waals surface area contributed by atoms with Gasteiger partial charge in [-0.15, -0.1) is 11.3 Å². The fourth-order valence-corrected chi connectivity index (χ4v) is 3.75. The molecule has 6 heteroatoms. The predicted molar refractivity (Wildman–Crippen MR) is 96.1 cm³/mol.